The molecule has 1 aromatic carbocycles. The van der Waals surface area contributed by atoms with E-state index in [1.807, 2.05) is 24.3 Å². The summed E-state index contributed by atoms with van der Waals surface area (Å²) in [5.74, 6) is -0.138. The Labute approximate surface area is 177 Å². The number of anilines is 1. The van der Waals surface area contributed by atoms with Gasteiger partial charge < -0.3 is 10.2 Å². The van der Waals surface area contributed by atoms with Gasteiger partial charge >= 0.3 is 6.03 Å². The summed E-state index contributed by atoms with van der Waals surface area (Å²) in [6, 6.07) is 7.56. The van der Waals surface area contributed by atoms with Crippen LogP contribution >= 0.6 is 11.3 Å². The molecule has 1 aliphatic carbocycles. The van der Waals surface area contributed by atoms with Crippen molar-refractivity contribution in [2.45, 2.75) is 44.7 Å². The lowest BCUT2D eigenvalue weighted by Crippen LogP contribution is -2.36. The van der Waals surface area contributed by atoms with Crippen molar-refractivity contribution in [3.05, 3.63) is 46.7 Å². The zero-order valence-electron chi connectivity index (χ0n) is 16.4. The fourth-order valence-electron chi connectivity index (χ4n) is 4.03. The Morgan fingerprint density at radius 1 is 1.10 bits per heavy atom. The third kappa shape index (κ3) is 3.85. The predicted molar refractivity (Wildman–Crippen MR) is 115 cm³/mol. The van der Waals surface area contributed by atoms with Gasteiger partial charge in [0, 0.05) is 23.9 Å². The summed E-state index contributed by atoms with van der Waals surface area (Å²) in [7, 11) is 0. The van der Waals surface area contributed by atoms with Crippen molar-refractivity contribution in [2.24, 2.45) is 0 Å². The minimum absolute atomic E-state index is 0.138. The van der Waals surface area contributed by atoms with Gasteiger partial charge in [0.05, 0.1) is 29.5 Å². The first kappa shape index (κ1) is 18.9. The molecule has 3 amide bonds. The van der Waals surface area contributed by atoms with Crippen molar-refractivity contribution in [3.8, 4) is 0 Å². The monoisotopic (exact) mass is 422 g/mol. The van der Waals surface area contributed by atoms with Gasteiger partial charge in [-0.2, -0.15) is 0 Å². The van der Waals surface area contributed by atoms with E-state index in [4.69, 9.17) is 0 Å². The number of nitrogens with zero attached hydrogens (tertiary/aromatic N) is 4. The molecule has 2 N–H and O–H groups in total. The molecule has 9 heteroatoms. The number of amides is 3. The lowest BCUT2D eigenvalue weighted by atomic mass is 10.1. The number of para-hydroxylation sites is 2. The molecule has 0 unspecified atom stereocenters. The van der Waals surface area contributed by atoms with E-state index in [-0.39, 0.29) is 18.0 Å². The lowest BCUT2D eigenvalue weighted by Gasteiger charge is -2.25. The summed E-state index contributed by atoms with van der Waals surface area (Å²) < 4.78 is 0. The number of benzene rings is 1. The molecule has 3 heterocycles. The Hall–Kier alpha value is -3.07. The van der Waals surface area contributed by atoms with Gasteiger partial charge in [-0.1, -0.05) is 36.3 Å². The Kier molecular flexibility index (Phi) is 5.04. The van der Waals surface area contributed by atoms with Crippen LogP contribution in [-0.4, -0.2) is 44.4 Å². The molecule has 0 radical (unpaired) electrons. The maximum atomic E-state index is 13.0. The number of carbonyl (C=O) groups is 2. The average molecular weight is 423 g/mol. The molecule has 8 nitrogen and oxygen atoms in total. The van der Waals surface area contributed by atoms with Crippen LogP contribution in [0, 0.1) is 0 Å². The molecule has 3 aromatic rings. The zero-order valence-corrected chi connectivity index (χ0v) is 17.2. The van der Waals surface area contributed by atoms with E-state index in [0.29, 0.717) is 35.9 Å². The fourth-order valence-corrected chi connectivity index (χ4v) is 5.05. The quantitative estimate of drug-likeness (QED) is 0.674. The third-order valence-electron chi connectivity index (χ3n) is 5.60. The first-order valence-electron chi connectivity index (χ1n) is 10.2. The Balaban J connectivity index is 1.26. The molecule has 1 aliphatic heterocycles. The first-order valence-corrected chi connectivity index (χ1v) is 11.0. The second kappa shape index (κ2) is 7.98. The molecule has 0 saturated heterocycles. The van der Waals surface area contributed by atoms with Gasteiger partial charge in [-0.3, -0.25) is 15.1 Å². The number of rotatable bonds is 3. The molecule has 2 aromatic heterocycles. The summed E-state index contributed by atoms with van der Waals surface area (Å²) in [5, 5.41) is 6.44. The largest absolute Gasteiger partial charge is 0.335 e. The number of carbonyl (C=O) groups excluding carboxylic acids is 2. The SMILES string of the molecule is O=C(Nc1nc2c(s1)CN(C(=O)c1cnc3ccccc3n1)CC2)NC1CCCC1. The highest BCUT2D eigenvalue weighted by molar-refractivity contribution is 7.15. The number of hydrogen-bond acceptors (Lipinski definition) is 6. The number of aromatic nitrogens is 3. The van der Waals surface area contributed by atoms with E-state index >= 15 is 0 Å². The highest BCUT2D eigenvalue weighted by Crippen LogP contribution is 2.29. The maximum absolute atomic E-state index is 13.0. The lowest BCUT2D eigenvalue weighted by molar-refractivity contribution is 0.0730. The van der Waals surface area contributed by atoms with Crippen LogP contribution in [-0.2, 0) is 13.0 Å². The summed E-state index contributed by atoms with van der Waals surface area (Å²) in [5.41, 5.74) is 2.77. The highest BCUT2D eigenvalue weighted by atomic mass is 32.1. The number of thiazole rings is 1. The van der Waals surface area contributed by atoms with Crippen LogP contribution in [0.1, 0.15) is 46.7 Å². The summed E-state index contributed by atoms with van der Waals surface area (Å²) in [6.07, 6.45) is 6.61. The third-order valence-corrected chi connectivity index (χ3v) is 6.59. The van der Waals surface area contributed by atoms with E-state index in [1.165, 1.54) is 30.4 Å². The molecule has 5 rings (SSSR count). The second-order valence-corrected chi connectivity index (χ2v) is 8.77. The van der Waals surface area contributed by atoms with Crippen molar-refractivity contribution in [1.82, 2.24) is 25.2 Å². The van der Waals surface area contributed by atoms with Crippen LogP contribution in [0.3, 0.4) is 0 Å². The smallest absolute Gasteiger partial charge is 0.321 e. The summed E-state index contributed by atoms with van der Waals surface area (Å²) >= 11 is 1.43. The number of nitrogens with one attached hydrogen (secondary N) is 2. The second-order valence-electron chi connectivity index (χ2n) is 7.69. The Morgan fingerprint density at radius 3 is 2.73 bits per heavy atom. The number of fused-ring (bicyclic) bond motifs is 2. The molecule has 30 heavy (non-hydrogen) atoms. The predicted octanol–water partition coefficient (Wildman–Crippen LogP) is 3.35. The molecule has 1 fully saturated rings. The zero-order chi connectivity index (χ0) is 20.5. The van der Waals surface area contributed by atoms with Crippen molar-refractivity contribution >= 4 is 39.4 Å². The standard InChI is InChI=1S/C21H22N6O2S/c28-19(17-11-22-14-7-3-4-8-15(14)24-17)27-10-9-16-18(12-27)30-21(25-16)26-20(29)23-13-5-1-2-6-13/h3-4,7-8,11,13H,1-2,5-6,9-10,12H2,(H2,23,25,26,29). The summed E-state index contributed by atoms with van der Waals surface area (Å²) in [4.78, 5) is 41.3. The molecule has 0 bridgehead atoms. The topological polar surface area (TPSA) is 100 Å². The van der Waals surface area contributed by atoms with Gasteiger partial charge in [-0.25, -0.2) is 14.8 Å². The molecule has 0 atom stereocenters. The van der Waals surface area contributed by atoms with Crippen molar-refractivity contribution < 1.29 is 9.59 Å². The van der Waals surface area contributed by atoms with Gasteiger partial charge in [0.2, 0.25) is 0 Å². The van der Waals surface area contributed by atoms with Crippen LogP contribution in [0.15, 0.2) is 30.5 Å². The molecular formula is C21H22N6O2S. The van der Waals surface area contributed by atoms with Crippen molar-refractivity contribution in [2.75, 3.05) is 11.9 Å². The minimum atomic E-state index is -0.202. The molecule has 2 aliphatic rings. The van der Waals surface area contributed by atoms with Crippen LogP contribution in [0.2, 0.25) is 0 Å². The minimum Gasteiger partial charge on any atom is -0.335 e. The van der Waals surface area contributed by atoms with Crippen LogP contribution < -0.4 is 10.6 Å². The van der Waals surface area contributed by atoms with Crippen LogP contribution in [0.5, 0.6) is 0 Å². The average Bonchev–Trinajstić information content (AvgIpc) is 3.41. The number of urea groups is 1. The molecular weight excluding hydrogens is 400 g/mol. The normalized spacial score (nSPS) is 16.5. The van der Waals surface area contributed by atoms with Gasteiger partial charge in [-0.15, -0.1) is 0 Å². The van der Waals surface area contributed by atoms with E-state index in [1.54, 1.807) is 4.90 Å². The number of hydrogen-bond donors (Lipinski definition) is 2. The first-order chi connectivity index (χ1) is 14.7. The Morgan fingerprint density at radius 2 is 1.90 bits per heavy atom. The summed E-state index contributed by atoms with van der Waals surface area (Å²) in [6.45, 7) is 1.03. The Bertz CT molecular complexity index is 1110. The van der Waals surface area contributed by atoms with Crippen LogP contribution in [0.4, 0.5) is 9.93 Å². The maximum Gasteiger partial charge on any atom is 0.321 e. The van der Waals surface area contributed by atoms with Crippen LogP contribution in [0.25, 0.3) is 11.0 Å². The fraction of sp³-hybridized carbons (Fsp3) is 0.381. The molecule has 1 saturated carbocycles. The molecule has 0 spiro atoms. The van der Waals surface area contributed by atoms with Gasteiger partial charge in [0.15, 0.2) is 5.13 Å². The molecule has 154 valence electrons. The van der Waals surface area contributed by atoms with E-state index in [0.717, 1.165) is 28.9 Å². The van der Waals surface area contributed by atoms with Crippen molar-refractivity contribution in [1.29, 1.82) is 0 Å². The van der Waals surface area contributed by atoms with Gasteiger partial charge in [-0.05, 0) is 25.0 Å². The van der Waals surface area contributed by atoms with Gasteiger partial charge in [0.25, 0.3) is 5.91 Å². The highest BCUT2D eigenvalue weighted by Gasteiger charge is 2.26. The van der Waals surface area contributed by atoms with Crippen molar-refractivity contribution in [3.63, 3.8) is 0 Å². The van der Waals surface area contributed by atoms with Gasteiger partial charge in [0.1, 0.15) is 5.69 Å². The van der Waals surface area contributed by atoms with E-state index < -0.39 is 0 Å². The van der Waals surface area contributed by atoms with E-state index in [2.05, 4.69) is 25.6 Å². The van der Waals surface area contributed by atoms with E-state index in [9.17, 15) is 9.59 Å².